The second kappa shape index (κ2) is 5.16. The Morgan fingerprint density at radius 3 is 2.42 bits per heavy atom. The van der Waals surface area contributed by atoms with E-state index >= 15 is 0 Å². The Labute approximate surface area is 112 Å². The maximum Gasteiger partial charge on any atom is 0.194 e. The van der Waals surface area contributed by atoms with Crippen LogP contribution in [0.4, 0.5) is 13.2 Å². The maximum atomic E-state index is 13.8. The molecule has 1 aromatic carbocycles. The number of benzene rings is 1. The lowest BCUT2D eigenvalue weighted by Gasteiger charge is -2.41. The van der Waals surface area contributed by atoms with Crippen molar-refractivity contribution in [2.24, 2.45) is 0 Å². The minimum atomic E-state index is -1.36. The molecule has 1 atom stereocenters. The zero-order chi connectivity index (χ0) is 14.2. The van der Waals surface area contributed by atoms with Crippen LogP contribution in [0.15, 0.2) is 12.1 Å². The molecule has 1 aromatic rings. The molecule has 1 nitrogen and oxygen atoms in total. The predicted molar refractivity (Wildman–Crippen MR) is 69.6 cm³/mol. The molecule has 1 aliphatic heterocycles. The highest BCUT2D eigenvalue weighted by molar-refractivity contribution is 5.25. The minimum absolute atomic E-state index is 0.00766. The van der Waals surface area contributed by atoms with Crippen molar-refractivity contribution in [3.63, 3.8) is 0 Å². The number of nitrogens with zero attached hydrogens (tertiary/aromatic N) is 1. The fraction of sp³-hybridized carbons (Fsp3) is 0.600. The van der Waals surface area contributed by atoms with Crippen LogP contribution >= 0.6 is 0 Å². The van der Waals surface area contributed by atoms with E-state index in [0.717, 1.165) is 25.5 Å². The summed E-state index contributed by atoms with van der Waals surface area (Å²) >= 11 is 0. The van der Waals surface area contributed by atoms with Gasteiger partial charge in [-0.1, -0.05) is 6.07 Å². The van der Waals surface area contributed by atoms with Crippen molar-refractivity contribution in [2.75, 3.05) is 13.1 Å². The molecule has 19 heavy (non-hydrogen) atoms. The zero-order valence-electron chi connectivity index (χ0n) is 11.6. The molecular weight excluding hydrogens is 251 g/mol. The van der Waals surface area contributed by atoms with Crippen LogP contribution in [-0.4, -0.2) is 23.5 Å². The second-order valence-corrected chi connectivity index (χ2v) is 6.22. The Balaban J connectivity index is 2.25. The van der Waals surface area contributed by atoms with E-state index < -0.39 is 17.5 Å². The van der Waals surface area contributed by atoms with Crippen molar-refractivity contribution in [3.05, 3.63) is 35.1 Å². The largest absolute Gasteiger partial charge is 0.298 e. The third-order valence-electron chi connectivity index (χ3n) is 3.87. The van der Waals surface area contributed by atoms with Crippen molar-refractivity contribution in [3.8, 4) is 0 Å². The summed E-state index contributed by atoms with van der Waals surface area (Å²) in [5.74, 6) is -3.57. The van der Waals surface area contributed by atoms with Crippen LogP contribution in [0.1, 0.15) is 45.1 Å². The van der Waals surface area contributed by atoms with E-state index in [0.29, 0.717) is 12.1 Å². The topological polar surface area (TPSA) is 3.24 Å². The number of halogens is 3. The van der Waals surface area contributed by atoms with Crippen LogP contribution < -0.4 is 0 Å². The number of piperidine rings is 1. The average molecular weight is 271 g/mol. The fourth-order valence-electron chi connectivity index (χ4n) is 2.70. The van der Waals surface area contributed by atoms with Gasteiger partial charge >= 0.3 is 0 Å². The molecule has 0 radical (unpaired) electrons. The number of rotatable bonds is 1. The summed E-state index contributed by atoms with van der Waals surface area (Å²) in [5, 5.41) is 0. The highest BCUT2D eigenvalue weighted by atomic mass is 19.2. The minimum Gasteiger partial charge on any atom is -0.298 e. The van der Waals surface area contributed by atoms with Gasteiger partial charge in [-0.15, -0.1) is 0 Å². The monoisotopic (exact) mass is 271 g/mol. The third-order valence-corrected chi connectivity index (χ3v) is 3.87. The van der Waals surface area contributed by atoms with Crippen LogP contribution in [0, 0.1) is 17.5 Å². The van der Waals surface area contributed by atoms with Crippen molar-refractivity contribution < 1.29 is 13.2 Å². The Hall–Kier alpha value is -1.03. The standard InChI is InChI=1S/C15H20F3N/c1-15(2,3)19-8-4-5-10(9-19)11-6-7-12(16)14(18)13(11)17/h6-7,10H,4-5,8-9H2,1-3H3. The van der Waals surface area contributed by atoms with Crippen LogP contribution in [0.2, 0.25) is 0 Å². The summed E-state index contributed by atoms with van der Waals surface area (Å²) in [6.45, 7) is 7.97. The van der Waals surface area contributed by atoms with E-state index in [-0.39, 0.29) is 11.5 Å². The number of likely N-dealkylation sites (tertiary alicyclic amines) is 1. The molecule has 0 N–H and O–H groups in total. The van der Waals surface area contributed by atoms with Crippen molar-refractivity contribution >= 4 is 0 Å². The van der Waals surface area contributed by atoms with Crippen LogP contribution in [0.3, 0.4) is 0 Å². The molecule has 0 amide bonds. The summed E-state index contributed by atoms with van der Waals surface area (Å²) in [6, 6.07) is 2.40. The van der Waals surface area contributed by atoms with Gasteiger partial charge in [-0.3, -0.25) is 4.90 Å². The van der Waals surface area contributed by atoms with Gasteiger partial charge in [-0.2, -0.15) is 0 Å². The lowest BCUT2D eigenvalue weighted by Crippen LogP contribution is -2.46. The van der Waals surface area contributed by atoms with E-state index in [4.69, 9.17) is 0 Å². The second-order valence-electron chi connectivity index (χ2n) is 6.22. The maximum absolute atomic E-state index is 13.8. The van der Waals surface area contributed by atoms with Gasteiger partial charge in [0.15, 0.2) is 17.5 Å². The molecule has 0 spiro atoms. The first-order valence-corrected chi connectivity index (χ1v) is 6.69. The van der Waals surface area contributed by atoms with Crippen LogP contribution in [0.25, 0.3) is 0 Å². The normalized spacial score (nSPS) is 21.7. The Bertz CT molecular complexity index is 465. The zero-order valence-corrected chi connectivity index (χ0v) is 11.6. The molecule has 106 valence electrons. The molecule has 2 rings (SSSR count). The SMILES string of the molecule is CC(C)(C)N1CCCC(c2ccc(F)c(F)c2F)C1. The van der Waals surface area contributed by atoms with Crippen molar-refractivity contribution in [1.29, 1.82) is 0 Å². The first kappa shape index (κ1) is 14.4. The Morgan fingerprint density at radius 2 is 1.79 bits per heavy atom. The van der Waals surface area contributed by atoms with E-state index in [1.165, 1.54) is 6.07 Å². The highest BCUT2D eigenvalue weighted by Crippen LogP contribution is 2.32. The van der Waals surface area contributed by atoms with Gasteiger partial charge in [-0.05, 0) is 57.7 Å². The molecule has 0 aromatic heterocycles. The molecule has 0 aliphatic carbocycles. The molecule has 1 saturated heterocycles. The lowest BCUT2D eigenvalue weighted by atomic mass is 9.88. The van der Waals surface area contributed by atoms with Crippen LogP contribution in [-0.2, 0) is 0 Å². The molecule has 4 heteroatoms. The fourth-order valence-corrected chi connectivity index (χ4v) is 2.70. The van der Waals surface area contributed by atoms with Gasteiger partial charge in [0.05, 0.1) is 0 Å². The smallest absolute Gasteiger partial charge is 0.194 e. The third kappa shape index (κ3) is 2.94. The van der Waals surface area contributed by atoms with Gasteiger partial charge in [0.25, 0.3) is 0 Å². The van der Waals surface area contributed by atoms with Crippen LogP contribution in [0.5, 0.6) is 0 Å². The van der Waals surface area contributed by atoms with Gasteiger partial charge in [0, 0.05) is 12.1 Å². The quantitative estimate of drug-likeness (QED) is 0.696. The number of hydrogen-bond donors (Lipinski definition) is 0. The summed E-state index contributed by atoms with van der Waals surface area (Å²) < 4.78 is 40.1. The molecular formula is C15H20F3N. The molecule has 0 bridgehead atoms. The number of hydrogen-bond acceptors (Lipinski definition) is 1. The van der Waals surface area contributed by atoms with E-state index in [1.807, 2.05) is 0 Å². The van der Waals surface area contributed by atoms with Gasteiger partial charge in [0.2, 0.25) is 0 Å². The Morgan fingerprint density at radius 1 is 1.11 bits per heavy atom. The van der Waals surface area contributed by atoms with Gasteiger partial charge in [-0.25, -0.2) is 13.2 Å². The van der Waals surface area contributed by atoms with Crippen molar-refractivity contribution in [2.45, 2.75) is 45.1 Å². The van der Waals surface area contributed by atoms with E-state index in [9.17, 15) is 13.2 Å². The average Bonchev–Trinajstić information content (AvgIpc) is 2.35. The molecule has 1 unspecified atom stereocenters. The summed E-state index contributed by atoms with van der Waals surface area (Å²) in [4.78, 5) is 2.27. The summed E-state index contributed by atoms with van der Waals surface area (Å²) in [5.41, 5.74) is 0.307. The van der Waals surface area contributed by atoms with Crippen molar-refractivity contribution in [1.82, 2.24) is 4.90 Å². The first-order chi connectivity index (χ1) is 8.80. The summed E-state index contributed by atoms with van der Waals surface area (Å²) in [7, 11) is 0. The first-order valence-electron chi connectivity index (χ1n) is 6.69. The Kier molecular flexibility index (Phi) is 3.90. The van der Waals surface area contributed by atoms with Gasteiger partial charge < -0.3 is 0 Å². The van der Waals surface area contributed by atoms with Gasteiger partial charge in [0.1, 0.15) is 0 Å². The highest BCUT2D eigenvalue weighted by Gasteiger charge is 2.30. The summed E-state index contributed by atoms with van der Waals surface area (Å²) in [6.07, 6.45) is 1.76. The van der Waals surface area contributed by atoms with E-state index in [1.54, 1.807) is 0 Å². The molecule has 1 fully saturated rings. The molecule has 1 heterocycles. The van der Waals surface area contributed by atoms with E-state index in [2.05, 4.69) is 25.7 Å². The predicted octanol–water partition coefficient (Wildman–Crippen LogP) is 4.08. The molecule has 0 saturated carbocycles. The lowest BCUT2D eigenvalue weighted by molar-refractivity contribution is 0.0976. The molecule has 1 aliphatic rings.